The second kappa shape index (κ2) is 2.77. The summed E-state index contributed by atoms with van der Waals surface area (Å²) in [6, 6.07) is 4.97. The molecule has 1 nitrogen and oxygen atoms in total. The van der Waals surface area contributed by atoms with E-state index < -0.39 is 0 Å². The first kappa shape index (κ1) is 7.59. The van der Waals surface area contributed by atoms with Crippen LogP contribution in [0.4, 0.5) is 10.1 Å². The van der Waals surface area contributed by atoms with Crippen LogP contribution in [0.25, 0.3) is 0 Å². The molecule has 0 aliphatic carbocycles. The first-order chi connectivity index (χ1) is 5.81. The summed E-state index contributed by atoms with van der Waals surface area (Å²) >= 11 is 0. The molecular weight excluding hydrogens is 153 g/mol. The molecule has 1 aliphatic rings. The Labute approximate surface area is 71.6 Å². The molecule has 0 radical (unpaired) electrons. The van der Waals surface area contributed by atoms with Crippen LogP contribution in [0, 0.1) is 5.82 Å². The van der Waals surface area contributed by atoms with Gasteiger partial charge >= 0.3 is 0 Å². The van der Waals surface area contributed by atoms with Gasteiger partial charge in [-0.1, -0.05) is 6.92 Å². The van der Waals surface area contributed by atoms with Gasteiger partial charge in [0.15, 0.2) is 0 Å². The number of anilines is 1. The van der Waals surface area contributed by atoms with E-state index >= 15 is 0 Å². The number of hydrogen-bond acceptors (Lipinski definition) is 1. The van der Waals surface area contributed by atoms with Crippen LogP contribution < -0.4 is 5.32 Å². The molecule has 0 bridgehead atoms. The van der Waals surface area contributed by atoms with E-state index in [0.29, 0.717) is 5.92 Å². The zero-order valence-electron chi connectivity index (χ0n) is 7.10. The van der Waals surface area contributed by atoms with Gasteiger partial charge in [0.1, 0.15) is 5.82 Å². The monoisotopic (exact) mass is 165 g/mol. The number of benzene rings is 1. The molecule has 1 unspecified atom stereocenters. The van der Waals surface area contributed by atoms with Crippen LogP contribution in [0.5, 0.6) is 0 Å². The zero-order chi connectivity index (χ0) is 8.55. The van der Waals surface area contributed by atoms with E-state index in [0.717, 1.165) is 24.2 Å². The van der Waals surface area contributed by atoms with Crippen molar-refractivity contribution in [1.82, 2.24) is 0 Å². The molecular formula is C10H12FN. The van der Waals surface area contributed by atoms with Crippen molar-refractivity contribution < 1.29 is 4.39 Å². The lowest BCUT2D eigenvalue weighted by atomic mass is 9.99. The van der Waals surface area contributed by atoms with E-state index in [1.165, 1.54) is 6.07 Å². The number of hydrogen-bond donors (Lipinski definition) is 1. The molecule has 0 saturated heterocycles. The van der Waals surface area contributed by atoms with Gasteiger partial charge in [-0.15, -0.1) is 0 Å². The highest BCUT2D eigenvalue weighted by molar-refractivity contribution is 5.57. The summed E-state index contributed by atoms with van der Waals surface area (Å²) in [5, 5.41) is 3.26. The maximum absolute atomic E-state index is 12.8. The van der Waals surface area contributed by atoms with Crippen LogP contribution in [0.2, 0.25) is 0 Å². The lowest BCUT2D eigenvalue weighted by Crippen LogP contribution is -1.99. The van der Waals surface area contributed by atoms with E-state index in [-0.39, 0.29) is 5.82 Å². The highest BCUT2D eigenvalue weighted by Crippen LogP contribution is 2.33. The van der Waals surface area contributed by atoms with Crippen LogP contribution in [0.15, 0.2) is 18.2 Å². The largest absolute Gasteiger partial charge is 0.384 e. The van der Waals surface area contributed by atoms with Crippen molar-refractivity contribution in [3.63, 3.8) is 0 Å². The number of rotatable bonds is 1. The maximum atomic E-state index is 12.8. The average molecular weight is 165 g/mol. The molecule has 0 amide bonds. The van der Waals surface area contributed by atoms with Gasteiger partial charge in [0.25, 0.3) is 0 Å². The molecule has 1 N–H and O–H groups in total. The minimum atomic E-state index is -0.129. The number of halogens is 1. The molecule has 2 rings (SSSR count). The minimum absolute atomic E-state index is 0.129. The number of fused-ring (bicyclic) bond motifs is 1. The third kappa shape index (κ3) is 1.07. The summed E-state index contributed by atoms with van der Waals surface area (Å²) < 4.78 is 12.8. The van der Waals surface area contributed by atoms with Gasteiger partial charge in [0, 0.05) is 18.2 Å². The van der Waals surface area contributed by atoms with Crippen molar-refractivity contribution in [2.75, 3.05) is 11.9 Å². The first-order valence-electron chi connectivity index (χ1n) is 4.34. The first-order valence-corrected chi connectivity index (χ1v) is 4.34. The van der Waals surface area contributed by atoms with Crippen LogP contribution in [-0.4, -0.2) is 6.54 Å². The molecule has 1 atom stereocenters. The van der Waals surface area contributed by atoms with Gasteiger partial charge in [0.05, 0.1) is 0 Å². The van der Waals surface area contributed by atoms with Crippen molar-refractivity contribution in [2.45, 2.75) is 19.3 Å². The van der Waals surface area contributed by atoms with Gasteiger partial charge in [-0.05, 0) is 30.2 Å². The van der Waals surface area contributed by atoms with E-state index in [1.54, 1.807) is 6.07 Å². The van der Waals surface area contributed by atoms with Gasteiger partial charge in [0.2, 0.25) is 0 Å². The van der Waals surface area contributed by atoms with Crippen molar-refractivity contribution in [3.05, 3.63) is 29.6 Å². The van der Waals surface area contributed by atoms with Crippen molar-refractivity contribution >= 4 is 5.69 Å². The molecule has 1 aromatic rings. The second-order valence-electron chi connectivity index (χ2n) is 3.22. The molecule has 1 aliphatic heterocycles. The predicted octanol–water partition coefficient (Wildman–Crippen LogP) is 2.74. The second-order valence-corrected chi connectivity index (χ2v) is 3.22. The van der Waals surface area contributed by atoms with Crippen LogP contribution in [-0.2, 0) is 0 Å². The lowest BCUT2D eigenvalue weighted by Gasteiger charge is -2.04. The quantitative estimate of drug-likeness (QED) is 0.674. The van der Waals surface area contributed by atoms with Crippen LogP contribution >= 0.6 is 0 Å². The summed E-state index contributed by atoms with van der Waals surface area (Å²) in [5.41, 5.74) is 2.24. The Kier molecular flexibility index (Phi) is 1.75. The Morgan fingerprint density at radius 3 is 3.17 bits per heavy atom. The third-order valence-electron chi connectivity index (χ3n) is 2.49. The van der Waals surface area contributed by atoms with E-state index in [1.807, 2.05) is 6.07 Å². The van der Waals surface area contributed by atoms with Crippen LogP contribution in [0.1, 0.15) is 24.8 Å². The standard InChI is InChI=1S/C10H12FN/c1-2-7-6-12-10-4-3-8(11)5-9(7)10/h3-5,7,12H,2,6H2,1H3. The van der Waals surface area contributed by atoms with E-state index in [4.69, 9.17) is 0 Å². The van der Waals surface area contributed by atoms with E-state index in [2.05, 4.69) is 12.2 Å². The van der Waals surface area contributed by atoms with Crippen molar-refractivity contribution in [3.8, 4) is 0 Å². The molecule has 64 valence electrons. The SMILES string of the molecule is CCC1CNc2ccc(F)cc21. The zero-order valence-corrected chi connectivity index (χ0v) is 7.10. The summed E-state index contributed by atoms with van der Waals surface area (Å²) in [7, 11) is 0. The third-order valence-corrected chi connectivity index (χ3v) is 2.49. The Balaban J connectivity index is 2.42. The van der Waals surface area contributed by atoms with Crippen LogP contribution in [0.3, 0.4) is 0 Å². The fourth-order valence-corrected chi connectivity index (χ4v) is 1.74. The molecule has 0 fully saturated rings. The van der Waals surface area contributed by atoms with Crippen molar-refractivity contribution in [2.24, 2.45) is 0 Å². The highest BCUT2D eigenvalue weighted by atomic mass is 19.1. The average Bonchev–Trinajstić information content (AvgIpc) is 2.46. The Bertz CT molecular complexity index is 296. The van der Waals surface area contributed by atoms with Gasteiger partial charge in [-0.25, -0.2) is 4.39 Å². The summed E-state index contributed by atoms with van der Waals surface area (Å²) in [6.45, 7) is 3.08. The molecule has 0 aromatic heterocycles. The number of nitrogens with one attached hydrogen (secondary N) is 1. The molecule has 1 heterocycles. The van der Waals surface area contributed by atoms with Gasteiger partial charge < -0.3 is 5.32 Å². The smallest absolute Gasteiger partial charge is 0.123 e. The normalized spacial score (nSPS) is 20.3. The van der Waals surface area contributed by atoms with Crippen molar-refractivity contribution in [1.29, 1.82) is 0 Å². The Morgan fingerprint density at radius 2 is 2.42 bits per heavy atom. The lowest BCUT2D eigenvalue weighted by molar-refractivity contribution is 0.622. The van der Waals surface area contributed by atoms with Gasteiger partial charge in [-0.3, -0.25) is 0 Å². The molecule has 12 heavy (non-hydrogen) atoms. The maximum Gasteiger partial charge on any atom is 0.123 e. The molecule has 1 aromatic carbocycles. The highest BCUT2D eigenvalue weighted by Gasteiger charge is 2.20. The fraction of sp³-hybridized carbons (Fsp3) is 0.400. The minimum Gasteiger partial charge on any atom is -0.384 e. The van der Waals surface area contributed by atoms with Gasteiger partial charge in [-0.2, -0.15) is 0 Å². The Hall–Kier alpha value is -1.05. The summed E-state index contributed by atoms with van der Waals surface area (Å²) in [4.78, 5) is 0. The molecule has 0 saturated carbocycles. The predicted molar refractivity (Wildman–Crippen MR) is 47.9 cm³/mol. The Morgan fingerprint density at radius 1 is 1.58 bits per heavy atom. The fourth-order valence-electron chi connectivity index (χ4n) is 1.74. The summed E-state index contributed by atoms with van der Waals surface area (Å²) in [5.74, 6) is 0.367. The molecule has 2 heteroatoms. The summed E-state index contributed by atoms with van der Waals surface area (Å²) in [6.07, 6.45) is 1.07. The van der Waals surface area contributed by atoms with E-state index in [9.17, 15) is 4.39 Å². The molecule has 0 spiro atoms. The topological polar surface area (TPSA) is 12.0 Å².